The van der Waals surface area contributed by atoms with Crippen LogP contribution in [0.25, 0.3) is 0 Å². The molecule has 2 rings (SSSR count). The molecule has 0 saturated carbocycles. The molecule has 0 aliphatic carbocycles. The molecule has 0 atom stereocenters. The Kier molecular flexibility index (Phi) is 4.22. The van der Waals surface area contributed by atoms with Gasteiger partial charge >= 0.3 is 0 Å². The molecule has 0 saturated heterocycles. The maximum Gasteiger partial charge on any atom is 0.256 e. The molecule has 0 bridgehead atoms. The van der Waals surface area contributed by atoms with Gasteiger partial charge in [0.15, 0.2) is 0 Å². The van der Waals surface area contributed by atoms with Crippen molar-refractivity contribution in [1.82, 2.24) is 0 Å². The van der Waals surface area contributed by atoms with E-state index in [1.54, 1.807) is 31.2 Å². The first-order chi connectivity index (χ1) is 8.97. The molecule has 0 spiro atoms. The second-order valence-electron chi connectivity index (χ2n) is 4.04. The van der Waals surface area contributed by atoms with E-state index in [0.717, 1.165) is 0 Å². The summed E-state index contributed by atoms with van der Waals surface area (Å²) < 4.78 is 13.8. The molecule has 0 aliphatic rings. The molecule has 0 aromatic heterocycles. The van der Waals surface area contributed by atoms with Gasteiger partial charge in [0.1, 0.15) is 5.82 Å². The number of carbonyl (C=O) groups is 1. The van der Waals surface area contributed by atoms with Crippen molar-refractivity contribution in [2.45, 2.75) is 6.92 Å². The third-order valence-corrected chi connectivity index (χ3v) is 3.51. The van der Waals surface area contributed by atoms with E-state index in [1.807, 2.05) is 0 Å². The summed E-state index contributed by atoms with van der Waals surface area (Å²) in [5.74, 6) is -0.800. The molecule has 0 heterocycles. The summed E-state index contributed by atoms with van der Waals surface area (Å²) in [5.41, 5.74) is 1.60. The van der Waals surface area contributed by atoms with E-state index >= 15 is 0 Å². The standard InChI is InChI=1S/C14H10BrClFNO/c1-8-2-4-10(17)7-11(8)14(19)18-13-5-3-9(16)6-12(13)15/h2-7H,1H3,(H,18,19). The van der Waals surface area contributed by atoms with Gasteiger partial charge in [-0.05, 0) is 58.7 Å². The van der Waals surface area contributed by atoms with Crippen LogP contribution in [0.2, 0.25) is 5.02 Å². The number of benzene rings is 2. The molecular weight excluding hydrogens is 333 g/mol. The van der Waals surface area contributed by atoms with E-state index in [-0.39, 0.29) is 5.91 Å². The number of hydrogen-bond donors (Lipinski definition) is 1. The number of carbonyl (C=O) groups excluding carboxylic acids is 1. The number of anilines is 1. The van der Waals surface area contributed by atoms with Crippen molar-refractivity contribution >= 4 is 39.1 Å². The van der Waals surface area contributed by atoms with Crippen molar-refractivity contribution in [2.24, 2.45) is 0 Å². The highest BCUT2D eigenvalue weighted by molar-refractivity contribution is 9.10. The number of hydrogen-bond acceptors (Lipinski definition) is 1. The lowest BCUT2D eigenvalue weighted by Gasteiger charge is -2.09. The Morgan fingerprint density at radius 3 is 2.68 bits per heavy atom. The lowest BCUT2D eigenvalue weighted by atomic mass is 10.1. The lowest BCUT2D eigenvalue weighted by molar-refractivity contribution is 0.102. The second-order valence-corrected chi connectivity index (χ2v) is 5.33. The third-order valence-electron chi connectivity index (χ3n) is 2.62. The topological polar surface area (TPSA) is 29.1 Å². The van der Waals surface area contributed by atoms with Gasteiger partial charge in [-0.1, -0.05) is 17.7 Å². The van der Waals surface area contributed by atoms with Crippen molar-refractivity contribution < 1.29 is 9.18 Å². The maximum absolute atomic E-state index is 13.2. The van der Waals surface area contributed by atoms with Crippen molar-refractivity contribution in [3.63, 3.8) is 0 Å². The zero-order chi connectivity index (χ0) is 14.0. The molecule has 0 unspecified atom stereocenters. The van der Waals surface area contributed by atoms with E-state index in [4.69, 9.17) is 11.6 Å². The second kappa shape index (κ2) is 5.72. The SMILES string of the molecule is Cc1ccc(F)cc1C(=O)Nc1ccc(Cl)cc1Br. The normalized spacial score (nSPS) is 10.3. The van der Waals surface area contributed by atoms with Crippen molar-refractivity contribution in [2.75, 3.05) is 5.32 Å². The predicted molar refractivity (Wildman–Crippen MR) is 78.2 cm³/mol. The number of amides is 1. The molecule has 2 aromatic rings. The van der Waals surface area contributed by atoms with Gasteiger partial charge < -0.3 is 5.32 Å². The average Bonchev–Trinajstić information content (AvgIpc) is 2.35. The molecule has 5 heteroatoms. The number of halogens is 3. The number of nitrogens with one attached hydrogen (secondary N) is 1. The van der Waals surface area contributed by atoms with Gasteiger partial charge in [-0.25, -0.2) is 4.39 Å². The summed E-state index contributed by atoms with van der Waals surface area (Å²) in [6, 6.07) is 9.13. The van der Waals surface area contributed by atoms with Crippen molar-refractivity contribution in [3.05, 3.63) is 62.8 Å². The number of rotatable bonds is 2. The van der Waals surface area contributed by atoms with Gasteiger partial charge in [0.05, 0.1) is 5.69 Å². The van der Waals surface area contributed by atoms with Crippen LogP contribution in [0.1, 0.15) is 15.9 Å². The highest BCUT2D eigenvalue weighted by atomic mass is 79.9. The van der Waals surface area contributed by atoms with Gasteiger partial charge in [-0.15, -0.1) is 0 Å². The summed E-state index contributed by atoms with van der Waals surface area (Å²) in [7, 11) is 0. The summed E-state index contributed by atoms with van der Waals surface area (Å²) in [6.45, 7) is 1.76. The summed E-state index contributed by atoms with van der Waals surface area (Å²) in [4.78, 5) is 12.1. The molecule has 1 N–H and O–H groups in total. The average molecular weight is 343 g/mol. The van der Waals surface area contributed by atoms with Gasteiger partial charge in [-0.2, -0.15) is 0 Å². The fraction of sp³-hybridized carbons (Fsp3) is 0.0714. The molecule has 19 heavy (non-hydrogen) atoms. The van der Waals surface area contributed by atoms with Crippen LogP contribution in [0.4, 0.5) is 10.1 Å². The molecular formula is C14H10BrClFNO. The Bertz CT molecular complexity index is 645. The molecule has 2 nitrogen and oxygen atoms in total. The zero-order valence-electron chi connectivity index (χ0n) is 10.0. The Hall–Kier alpha value is -1.39. The fourth-order valence-corrected chi connectivity index (χ4v) is 2.40. The van der Waals surface area contributed by atoms with Crippen molar-refractivity contribution in [1.29, 1.82) is 0 Å². The van der Waals surface area contributed by atoms with E-state index in [2.05, 4.69) is 21.2 Å². The quantitative estimate of drug-likeness (QED) is 0.834. The van der Waals surface area contributed by atoms with E-state index in [9.17, 15) is 9.18 Å². The molecule has 0 fully saturated rings. The lowest BCUT2D eigenvalue weighted by Crippen LogP contribution is -2.14. The maximum atomic E-state index is 13.2. The monoisotopic (exact) mass is 341 g/mol. The van der Waals surface area contributed by atoms with Crippen LogP contribution < -0.4 is 5.32 Å². The third kappa shape index (κ3) is 3.33. The Labute approximate surface area is 123 Å². The predicted octanol–water partition coefficient (Wildman–Crippen LogP) is 4.80. The minimum atomic E-state index is -0.439. The van der Waals surface area contributed by atoms with Crippen LogP contribution in [0, 0.1) is 12.7 Å². The van der Waals surface area contributed by atoms with Crippen molar-refractivity contribution in [3.8, 4) is 0 Å². The minimum Gasteiger partial charge on any atom is -0.321 e. The molecule has 98 valence electrons. The van der Waals surface area contributed by atoms with Gasteiger partial charge in [-0.3, -0.25) is 4.79 Å². The van der Waals surface area contributed by atoms with Crippen LogP contribution in [0.3, 0.4) is 0 Å². The Balaban J connectivity index is 2.28. The molecule has 1 amide bonds. The zero-order valence-corrected chi connectivity index (χ0v) is 12.3. The van der Waals surface area contributed by atoms with Gasteiger partial charge in [0, 0.05) is 15.1 Å². The van der Waals surface area contributed by atoms with Crippen LogP contribution >= 0.6 is 27.5 Å². The Morgan fingerprint density at radius 2 is 2.00 bits per heavy atom. The first kappa shape index (κ1) is 14.0. The fourth-order valence-electron chi connectivity index (χ4n) is 1.62. The van der Waals surface area contributed by atoms with Gasteiger partial charge in [0.2, 0.25) is 0 Å². The van der Waals surface area contributed by atoms with Crippen LogP contribution in [-0.2, 0) is 0 Å². The van der Waals surface area contributed by atoms with E-state index in [0.29, 0.717) is 26.3 Å². The molecule has 2 aromatic carbocycles. The Morgan fingerprint density at radius 1 is 1.26 bits per heavy atom. The highest BCUT2D eigenvalue weighted by Crippen LogP contribution is 2.26. The molecule has 0 aliphatic heterocycles. The molecule has 0 radical (unpaired) electrons. The summed E-state index contributed by atoms with van der Waals surface area (Å²) >= 11 is 9.13. The summed E-state index contributed by atoms with van der Waals surface area (Å²) in [6.07, 6.45) is 0. The van der Waals surface area contributed by atoms with E-state index in [1.165, 1.54) is 12.1 Å². The smallest absolute Gasteiger partial charge is 0.256 e. The van der Waals surface area contributed by atoms with Gasteiger partial charge in [0.25, 0.3) is 5.91 Å². The highest BCUT2D eigenvalue weighted by Gasteiger charge is 2.12. The minimum absolute atomic E-state index is 0.307. The first-order valence-corrected chi connectivity index (χ1v) is 6.67. The first-order valence-electron chi connectivity index (χ1n) is 5.50. The van der Waals surface area contributed by atoms with Crippen LogP contribution in [0.5, 0.6) is 0 Å². The van der Waals surface area contributed by atoms with Crippen LogP contribution in [0.15, 0.2) is 40.9 Å². The van der Waals surface area contributed by atoms with E-state index < -0.39 is 5.82 Å². The van der Waals surface area contributed by atoms with Crippen LogP contribution in [-0.4, -0.2) is 5.91 Å². The summed E-state index contributed by atoms with van der Waals surface area (Å²) in [5, 5.41) is 3.27. The number of aryl methyl sites for hydroxylation is 1. The largest absolute Gasteiger partial charge is 0.321 e.